The van der Waals surface area contributed by atoms with E-state index in [1.54, 1.807) is 0 Å². The maximum absolute atomic E-state index is 13.0. The molecule has 0 saturated heterocycles. The number of rotatable bonds is 7. The third kappa shape index (κ3) is 5.32. The maximum atomic E-state index is 13.0. The normalized spacial score (nSPS) is 16.0. The smallest absolute Gasteiger partial charge is 0.318 e. The van der Waals surface area contributed by atoms with Crippen LogP contribution in [0.2, 0.25) is 5.02 Å². The summed E-state index contributed by atoms with van der Waals surface area (Å²) in [6.07, 6.45) is 8.92. The first-order chi connectivity index (χ1) is 13.6. The van der Waals surface area contributed by atoms with Gasteiger partial charge in [-0.15, -0.1) is 0 Å². The zero-order chi connectivity index (χ0) is 19.9. The van der Waals surface area contributed by atoms with Crippen LogP contribution in [0.4, 0.5) is 4.79 Å². The molecule has 1 aliphatic rings. The van der Waals surface area contributed by atoms with Crippen molar-refractivity contribution in [2.45, 2.75) is 77.5 Å². The van der Waals surface area contributed by atoms with E-state index < -0.39 is 0 Å². The molecule has 0 bridgehead atoms. The second-order valence-electron chi connectivity index (χ2n) is 7.89. The number of aromatic nitrogens is 1. The number of carbonyl (C=O) groups excluding carboxylic acids is 1. The molecule has 4 nitrogen and oxygen atoms in total. The Bertz CT molecular complexity index is 767. The molecule has 2 amide bonds. The van der Waals surface area contributed by atoms with Crippen molar-refractivity contribution in [1.82, 2.24) is 14.8 Å². The minimum atomic E-state index is 0.0618. The number of hydrogen-bond donors (Lipinski definition) is 1. The number of urea groups is 1. The lowest BCUT2D eigenvalue weighted by Gasteiger charge is -2.32. The first-order valence-electron chi connectivity index (χ1n) is 10.5. The monoisotopic (exact) mass is 401 g/mol. The van der Waals surface area contributed by atoms with E-state index in [1.165, 1.54) is 19.3 Å². The molecule has 1 aromatic carbocycles. The molecule has 0 unspecified atom stereocenters. The molecule has 1 aliphatic carbocycles. The average Bonchev–Trinajstić information content (AvgIpc) is 3.14. The molecule has 0 spiro atoms. The first kappa shape index (κ1) is 20.8. The highest BCUT2D eigenvalue weighted by Crippen LogP contribution is 2.21. The summed E-state index contributed by atoms with van der Waals surface area (Å²) in [5.41, 5.74) is 2.21. The predicted molar refractivity (Wildman–Crippen MR) is 116 cm³/mol. The SMILES string of the molecule is CC[C@@H](C)N(Cc1cccn1Cc1ccccc1Cl)C(=O)NC1CCCCC1. The van der Waals surface area contributed by atoms with E-state index in [2.05, 4.69) is 36.0 Å². The van der Waals surface area contributed by atoms with Crippen LogP contribution < -0.4 is 5.32 Å². The molecule has 0 aliphatic heterocycles. The van der Waals surface area contributed by atoms with E-state index in [1.807, 2.05) is 35.2 Å². The molecular weight excluding hydrogens is 370 g/mol. The predicted octanol–water partition coefficient (Wildman–Crippen LogP) is 5.83. The highest BCUT2D eigenvalue weighted by Gasteiger charge is 2.24. The number of benzene rings is 1. The van der Waals surface area contributed by atoms with Crippen molar-refractivity contribution in [3.63, 3.8) is 0 Å². The van der Waals surface area contributed by atoms with Gasteiger partial charge in [-0.1, -0.05) is 56.0 Å². The number of amides is 2. The van der Waals surface area contributed by atoms with Gasteiger partial charge in [-0.2, -0.15) is 0 Å². The van der Waals surface area contributed by atoms with Gasteiger partial charge in [0.05, 0.1) is 6.54 Å². The van der Waals surface area contributed by atoms with E-state index in [9.17, 15) is 4.79 Å². The zero-order valence-corrected chi connectivity index (χ0v) is 17.8. The van der Waals surface area contributed by atoms with Crippen LogP contribution in [0.25, 0.3) is 0 Å². The summed E-state index contributed by atoms with van der Waals surface area (Å²) >= 11 is 6.34. The van der Waals surface area contributed by atoms with E-state index in [0.717, 1.165) is 35.5 Å². The van der Waals surface area contributed by atoms with E-state index in [4.69, 9.17) is 11.6 Å². The zero-order valence-electron chi connectivity index (χ0n) is 17.0. The topological polar surface area (TPSA) is 37.3 Å². The van der Waals surface area contributed by atoms with Gasteiger partial charge in [0.15, 0.2) is 0 Å². The van der Waals surface area contributed by atoms with Crippen molar-refractivity contribution in [1.29, 1.82) is 0 Å². The lowest BCUT2D eigenvalue weighted by molar-refractivity contribution is 0.165. The Morgan fingerprint density at radius 1 is 1.21 bits per heavy atom. The molecule has 1 N–H and O–H groups in total. The Hall–Kier alpha value is -1.94. The maximum Gasteiger partial charge on any atom is 0.318 e. The molecular formula is C23H32ClN3O. The van der Waals surface area contributed by atoms with E-state index in [-0.39, 0.29) is 12.1 Å². The van der Waals surface area contributed by atoms with Gasteiger partial charge in [0.2, 0.25) is 0 Å². The number of nitrogens with zero attached hydrogens (tertiary/aromatic N) is 2. The van der Waals surface area contributed by atoms with Crippen LogP contribution in [-0.4, -0.2) is 27.6 Å². The van der Waals surface area contributed by atoms with Gasteiger partial charge in [0.25, 0.3) is 0 Å². The summed E-state index contributed by atoms with van der Waals surface area (Å²) in [7, 11) is 0. The highest BCUT2D eigenvalue weighted by atomic mass is 35.5. The number of halogens is 1. The van der Waals surface area contributed by atoms with Gasteiger partial charge in [0.1, 0.15) is 0 Å². The second-order valence-corrected chi connectivity index (χ2v) is 8.30. The summed E-state index contributed by atoms with van der Waals surface area (Å²) in [6.45, 7) is 5.57. The van der Waals surface area contributed by atoms with Crippen LogP contribution in [0.3, 0.4) is 0 Å². The lowest BCUT2D eigenvalue weighted by atomic mass is 9.96. The minimum absolute atomic E-state index is 0.0618. The van der Waals surface area contributed by atoms with Gasteiger partial charge in [-0.3, -0.25) is 0 Å². The highest BCUT2D eigenvalue weighted by molar-refractivity contribution is 6.31. The fraction of sp³-hybridized carbons (Fsp3) is 0.522. The fourth-order valence-corrected chi connectivity index (χ4v) is 4.08. The third-order valence-electron chi connectivity index (χ3n) is 5.87. The summed E-state index contributed by atoms with van der Waals surface area (Å²) < 4.78 is 2.19. The fourth-order valence-electron chi connectivity index (χ4n) is 3.88. The van der Waals surface area contributed by atoms with E-state index >= 15 is 0 Å². The van der Waals surface area contributed by atoms with Crippen LogP contribution in [0.5, 0.6) is 0 Å². The van der Waals surface area contributed by atoms with Crippen molar-refractivity contribution in [2.75, 3.05) is 0 Å². The number of carbonyl (C=O) groups is 1. The molecule has 5 heteroatoms. The summed E-state index contributed by atoms with van der Waals surface area (Å²) in [5.74, 6) is 0. The largest absolute Gasteiger partial charge is 0.345 e. The Morgan fingerprint density at radius 2 is 1.96 bits per heavy atom. The molecule has 1 atom stereocenters. The van der Waals surface area contributed by atoms with Crippen LogP contribution in [0.15, 0.2) is 42.6 Å². The summed E-state index contributed by atoms with van der Waals surface area (Å²) in [6, 6.07) is 12.6. The summed E-state index contributed by atoms with van der Waals surface area (Å²) in [4.78, 5) is 15.0. The summed E-state index contributed by atoms with van der Waals surface area (Å²) in [5, 5.41) is 4.06. The van der Waals surface area contributed by atoms with Gasteiger partial charge < -0.3 is 14.8 Å². The van der Waals surface area contributed by atoms with Gasteiger partial charge in [-0.05, 0) is 49.9 Å². The number of hydrogen-bond acceptors (Lipinski definition) is 1. The third-order valence-corrected chi connectivity index (χ3v) is 6.24. The molecule has 152 valence electrons. The van der Waals surface area contributed by atoms with Crippen LogP contribution in [0.1, 0.15) is 63.6 Å². The molecule has 2 aromatic rings. The van der Waals surface area contributed by atoms with Crippen molar-refractivity contribution < 1.29 is 4.79 Å². The molecule has 28 heavy (non-hydrogen) atoms. The lowest BCUT2D eigenvalue weighted by Crippen LogP contribution is -2.48. The number of nitrogens with one attached hydrogen (secondary N) is 1. The quantitative estimate of drug-likeness (QED) is 0.622. The molecule has 3 rings (SSSR count). The Kier molecular flexibility index (Phi) is 7.43. The van der Waals surface area contributed by atoms with Gasteiger partial charge in [-0.25, -0.2) is 4.79 Å². The standard InChI is InChI=1S/C23H32ClN3O/c1-3-18(2)27(23(28)25-20-11-5-4-6-12-20)17-21-13-9-15-26(21)16-19-10-7-8-14-22(19)24/h7-10,13-15,18,20H,3-6,11-12,16-17H2,1-2H3,(H,25,28)/t18-/m1/s1. The molecule has 1 saturated carbocycles. The second kappa shape index (κ2) is 10.0. The van der Waals surface area contributed by atoms with Gasteiger partial charge in [0, 0.05) is 35.5 Å². The van der Waals surface area contributed by atoms with Crippen LogP contribution >= 0.6 is 11.6 Å². The van der Waals surface area contributed by atoms with Crippen molar-refractivity contribution in [2.24, 2.45) is 0 Å². The average molecular weight is 402 g/mol. The van der Waals surface area contributed by atoms with Crippen molar-refractivity contribution in [3.8, 4) is 0 Å². The van der Waals surface area contributed by atoms with Crippen molar-refractivity contribution in [3.05, 3.63) is 58.9 Å². The molecule has 1 aromatic heterocycles. The Balaban J connectivity index is 1.72. The van der Waals surface area contributed by atoms with Crippen LogP contribution in [-0.2, 0) is 13.1 Å². The molecule has 1 heterocycles. The minimum Gasteiger partial charge on any atom is -0.345 e. The van der Waals surface area contributed by atoms with Crippen molar-refractivity contribution >= 4 is 17.6 Å². The van der Waals surface area contributed by atoms with E-state index in [0.29, 0.717) is 19.1 Å². The first-order valence-corrected chi connectivity index (χ1v) is 10.9. The Morgan fingerprint density at radius 3 is 2.68 bits per heavy atom. The molecule has 1 fully saturated rings. The van der Waals surface area contributed by atoms with Gasteiger partial charge >= 0.3 is 6.03 Å². The Labute approximate surface area is 173 Å². The van der Waals surface area contributed by atoms with Crippen LogP contribution in [0, 0.1) is 0 Å². The molecule has 0 radical (unpaired) electrons.